The van der Waals surface area contributed by atoms with Gasteiger partial charge >= 0.3 is 0 Å². The number of hydrogen-bond donors (Lipinski definition) is 2. The first-order valence-corrected chi connectivity index (χ1v) is 8.28. The van der Waals surface area contributed by atoms with E-state index in [1.54, 1.807) is 25.1 Å². The molecule has 2 heterocycles. The van der Waals surface area contributed by atoms with Crippen LogP contribution in [-0.4, -0.2) is 25.5 Å². The Morgan fingerprint density at radius 1 is 1.23 bits per heavy atom. The molecule has 0 saturated heterocycles. The van der Waals surface area contributed by atoms with Crippen LogP contribution in [0.3, 0.4) is 0 Å². The molecule has 130 valence electrons. The number of aromatic amines is 1. The minimum atomic E-state index is -0.515. The van der Waals surface area contributed by atoms with Crippen LogP contribution in [0.25, 0.3) is 16.7 Å². The van der Waals surface area contributed by atoms with Crippen LogP contribution in [0.15, 0.2) is 41.2 Å². The van der Waals surface area contributed by atoms with Crippen LogP contribution in [0.5, 0.6) is 0 Å². The zero-order valence-corrected chi connectivity index (χ0v) is 14.8. The van der Waals surface area contributed by atoms with E-state index in [1.165, 1.54) is 4.52 Å². The van der Waals surface area contributed by atoms with E-state index in [2.05, 4.69) is 20.4 Å². The molecule has 26 heavy (non-hydrogen) atoms. The Labute approximate surface area is 152 Å². The van der Waals surface area contributed by atoms with Gasteiger partial charge in [0.1, 0.15) is 0 Å². The van der Waals surface area contributed by atoms with Crippen molar-refractivity contribution in [2.45, 2.75) is 13.8 Å². The van der Waals surface area contributed by atoms with E-state index in [-0.39, 0.29) is 11.5 Å². The fourth-order valence-corrected chi connectivity index (χ4v) is 2.93. The lowest BCUT2D eigenvalue weighted by Gasteiger charge is -2.07. The first-order chi connectivity index (χ1) is 12.4. The molecule has 7 nitrogen and oxygen atoms in total. The molecule has 0 fully saturated rings. The Kier molecular flexibility index (Phi) is 3.73. The standard InChI is InChI=1S/C18H14ClN5O2/c1-9-6-7-14-13(8-9)21-18(26)16-22-15(23-24(14)16)17(25)20-12-5-3-4-11(19)10(12)2/h3-8H,1-2H3,(H,20,25)(H,21,26). The maximum atomic E-state index is 12.5. The summed E-state index contributed by atoms with van der Waals surface area (Å²) in [5, 5.41) is 7.50. The molecule has 0 bridgehead atoms. The summed E-state index contributed by atoms with van der Waals surface area (Å²) in [6, 6.07) is 10.8. The Morgan fingerprint density at radius 2 is 2.04 bits per heavy atom. The number of fused-ring (bicyclic) bond motifs is 3. The van der Waals surface area contributed by atoms with Gasteiger partial charge in [-0.15, -0.1) is 5.10 Å². The van der Waals surface area contributed by atoms with Gasteiger partial charge in [0.15, 0.2) is 0 Å². The molecule has 2 aromatic heterocycles. The molecule has 8 heteroatoms. The molecule has 0 aliphatic carbocycles. The Morgan fingerprint density at radius 3 is 2.85 bits per heavy atom. The summed E-state index contributed by atoms with van der Waals surface area (Å²) < 4.78 is 1.38. The first kappa shape index (κ1) is 16.3. The van der Waals surface area contributed by atoms with E-state index in [4.69, 9.17) is 11.6 Å². The predicted octanol–water partition coefficient (Wildman–Crippen LogP) is 3.09. The number of aromatic nitrogens is 4. The van der Waals surface area contributed by atoms with Crippen molar-refractivity contribution in [1.82, 2.24) is 19.6 Å². The molecule has 2 N–H and O–H groups in total. The average molecular weight is 368 g/mol. The minimum Gasteiger partial charge on any atom is -0.319 e. The lowest BCUT2D eigenvalue weighted by molar-refractivity contribution is 0.101. The summed E-state index contributed by atoms with van der Waals surface area (Å²) in [4.78, 5) is 31.7. The second-order valence-electron chi connectivity index (χ2n) is 6.01. The van der Waals surface area contributed by atoms with E-state index >= 15 is 0 Å². The van der Waals surface area contributed by atoms with Gasteiger partial charge in [-0.2, -0.15) is 4.98 Å². The summed E-state index contributed by atoms with van der Waals surface area (Å²) in [5.74, 6) is -0.610. The molecule has 0 aliphatic rings. The number of benzene rings is 2. The van der Waals surface area contributed by atoms with E-state index in [9.17, 15) is 9.59 Å². The Balaban J connectivity index is 1.81. The molecule has 0 spiro atoms. The normalized spacial score (nSPS) is 11.2. The van der Waals surface area contributed by atoms with Crippen LogP contribution < -0.4 is 10.9 Å². The fourth-order valence-electron chi connectivity index (χ4n) is 2.76. The summed E-state index contributed by atoms with van der Waals surface area (Å²) in [5.41, 5.74) is 3.26. The van der Waals surface area contributed by atoms with Gasteiger partial charge in [0, 0.05) is 10.7 Å². The van der Waals surface area contributed by atoms with E-state index in [0.717, 1.165) is 11.1 Å². The monoisotopic (exact) mass is 367 g/mol. The zero-order chi connectivity index (χ0) is 18.4. The number of nitrogens with zero attached hydrogens (tertiary/aromatic N) is 3. The highest BCUT2D eigenvalue weighted by Gasteiger charge is 2.17. The van der Waals surface area contributed by atoms with Crippen molar-refractivity contribution in [1.29, 1.82) is 0 Å². The lowest BCUT2D eigenvalue weighted by Crippen LogP contribution is -2.14. The molecular formula is C18H14ClN5O2. The number of hydrogen-bond acceptors (Lipinski definition) is 4. The van der Waals surface area contributed by atoms with Gasteiger partial charge in [-0.1, -0.05) is 23.7 Å². The van der Waals surface area contributed by atoms with Crippen molar-refractivity contribution >= 4 is 39.9 Å². The third kappa shape index (κ3) is 2.62. The summed E-state index contributed by atoms with van der Waals surface area (Å²) >= 11 is 6.07. The number of amides is 1. The number of carbonyl (C=O) groups is 1. The number of rotatable bonds is 2. The van der Waals surface area contributed by atoms with E-state index in [1.807, 2.05) is 25.1 Å². The van der Waals surface area contributed by atoms with Crippen molar-refractivity contribution in [2.75, 3.05) is 5.32 Å². The van der Waals surface area contributed by atoms with Gasteiger partial charge in [-0.3, -0.25) is 9.59 Å². The van der Waals surface area contributed by atoms with Gasteiger partial charge in [0.2, 0.25) is 11.5 Å². The average Bonchev–Trinajstić information content (AvgIpc) is 3.05. The van der Waals surface area contributed by atoms with Crippen LogP contribution >= 0.6 is 11.6 Å². The summed E-state index contributed by atoms with van der Waals surface area (Å²) in [6.45, 7) is 3.73. The Hall–Kier alpha value is -3.19. The molecule has 0 radical (unpaired) electrons. The van der Waals surface area contributed by atoms with Crippen molar-refractivity contribution in [3.63, 3.8) is 0 Å². The van der Waals surface area contributed by atoms with Crippen molar-refractivity contribution in [3.05, 3.63) is 68.7 Å². The van der Waals surface area contributed by atoms with Crippen LogP contribution in [-0.2, 0) is 0 Å². The largest absolute Gasteiger partial charge is 0.319 e. The van der Waals surface area contributed by atoms with E-state index in [0.29, 0.717) is 21.7 Å². The smallest absolute Gasteiger partial charge is 0.295 e. The zero-order valence-electron chi connectivity index (χ0n) is 14.0. The maximum Gasteiger partial charge on any atom is 0.295 e. The summed E-state index contributed by atoms with van der Waals surface area (Å²) in [6.07, 6.45) is 0. The second kappa shape index (κ2) is 5.96. The van der Waals surface area contributed by atoms with Crippen LogP contribution in [0, 0.1) is 13.8 Å². The van der Waals surface area contributed by atoms with E-state index < -0.39 is 11.5 Å². The molecule has 2 aromatic carbocycles. The highest BCUT2D eigenvalue weighted by Crippen LogP contribution is 2.23. The van der Waals surface area contributed by atoms with Gasteiger partial charge in [0.25, 0.3) is 11.5 Å². The molecule has 4 aromatic rings. The molecule has 0 unspecified atom stereocenters. The molecule has 0 aliphatic heterocycles. The van der Waals surface area contributed by atoms with Gasteiger partial charge in [-0.05, 0) is 49.2 Å². The van der Waals surface area contributed by atoms with Crippen molar-refractivity contribution in [3.8, 4) is 0 Å². The topological polar surface area (TPSA) is 92.1 Å². The van der Waals surface area contributed by atoms with Gasteiger partial charge in [-0.25, -0.2) is 4.52 Å². The third-order valence-electron chi connectivity index (χ3n) is 4.16. The predicted molar refractivity (Wildman–Crippen MR) is 100.0 cm³/mol. The number of anilines is 1. The number of halogens is 1. The number of H-pyrrole nitrogens is 1. The second-order valence-corrected chi connectivity index (χ2v) is 6.42. The molecule has 0 saturated carbocycles. The quantitative estimate of drug-likeness (QED) is 0.569. The molecule has 0 atom stereocenters. The maximum absolute atomic E-state index is 12.5. The lowest BCUT2D eigenvalue weighted by atomic mass is 10.2. The summed E-state index contributed by atoms with van der Waals surface area (Å²) in [7, 11) is 0. The fraction of sp³-hybridized carbons (Fsp3) is 0.111. The van der Waals surface area contributed by atoms with Crippen LogP contribution in [0.2, 0.25) is 5.02 Å². The van der Waals surface area contributed by atoms with Crippen molar-refractivity contribution < 1.29 is 4.79 Å². The molecular weight excluding hydrogens is 354 g/mol. The van der Waals surface area contributed by atoms with Gasteiger partial charge in [0.05, 0.1) is 11.0 Å². The number of carbonyl (C=O) groups excluding carboxylic acids is 1. The molecule has 4 rings (SSSR count). The minimum absolute atomic E-state index is 0.0642. The van der Waals surface area contributed by atoms with Gasteiger partial charge < -0.3 is 10.3 Å². The Bertz CT molecular complexity index is 1240. The number of aryl methyl sites for hydroxylation is 1. The van der Waals surface area contributed by atoms with Crippen molar-refractivity contribution in [2.24, 2.45) is 0 Å². The first-order valence-electron chi connectivity index (χ1n) is 7.90. The van der Waals surface area contributed by atoms with Crippen LogP contribution in [0.4, 0.5) is 5.69 Å². The molecule has 1 amide bonds. The highest BCUT2D eigenvalue weighted by molar-refractivity contribution is 6.31. The third-order valence-corrected chi connectivity index (χ3v) is 4.57. The van der Waals surface area contributed by atoms with Crippen LogP contribution in [0.1, 0.15) is 21.7 Å². The SMILES string of the molecule is Cc1ccc2c(c1)[nH]c(=O)c1nc(C(=O)Nc3cccc(Cl)c3C)nn12. The highest BCUT2D eigenvalue weighted by atomic mass is 35.5. The number of nitrogens with one attached hydrogen (secondary N) is 2.